The molecule has 4 nitrogen and oxygen atoms in total. The van der Waals surface area contributed by atoms with Gasteiger partial charge < -0.3 is 10.2 Å². The standard InChI is InChI=1S/C28H30Cl2N2O2/c1-2-3-16-31-28(34)26(18-21-8-5-4-6-9-21)32(20-23-10-7-11-25(30)17-23)27(33)19-22-12-14-24(29)15-13-22/h4-15,17,26H,2-3,16,18-20H2,1H3,(H,31,34). The van der Waals surface area contributed by atoms with Crippen molar-refractivity contribution < 1.29 is 9.59 Å². The Morgan fingerprint density at radius 2 is 1.56 bits per heavy atom. The van der Waals surface area contributed by atoms with Crippen molar-refractivity contribution in [1.29, 1.82) is 0 Å². The van der Waals surface area contributed by atoms with Gasteiger partial charge in [0.2, 0.25) is 11.8 Å². The number of rotatable bonds is 11. The maximum absolute atomic E-state index is 13.6. The van der Waals surface area contributed by atoms with E-state index in [0.29, 0.717) is 23.0 Å². The summed E-state index contributed by atoms with van der Waals surface area (Å²) in [7, 11) is 0. The summed E-state index contributed by atoms with van der Waals surface area (Å²) in [6.07, 6.45) is 2.46. The summed E-state index contributed by atoms with van der Waals surface area (Å²) in [6.45, 7) is 2.94. The highest BCUT2D eigenvalue weighted by Crippen LogP contribution is 2.19. The molecule has 1 unspecified atom stereocenters. The first-order valence-corrected chi connectivity index (χ1v) is 12.3. The van der Waals surface area contributed by atoms with Crippen LogP contribution in [0.2, 0.25) is 10.0 Å². The molecule has 34 heavy (non-hydrogen) atoms. The summed E-state index contributed by atoms with van der Waals surface area (Å²) >= 11 is 12.2. The SMILES string of the molecule is CCCCNC(=O)C(Cc1ccccc1)N(Cc1cccc(Cl)c1)C(=O)Cc1ccc(Cl)cc1. The molecule has 2 amide bonds. The molecular formula is C28H30Cl2N2O2. The van der Waals surface area contributed by atoms with Crippen molar-refractivity contribution in [2.75, 3.05) is 6.54 Å². The van der Waals surface area contributed by atoms with Crippen LogP contribution in [-0.2, 0) is 29.0 Å². The maximum Gasteiger partial charge on any atom is 0.243 e. The molecule has 3 aromatic carbocycles. The van der Waals surface area contributed by atoms with Gasteiger partial charge in [0.15, 0.2) is 0 Å². The summed E-state index contributed by atoms with van der Waals surface area (Å²) in [6, 6.07) is 23.7. The van der Waals surface area contributed by atoms with Crippen molar-refractivity contribution in [3.05, 3.63) is 106 Å². The van der Waals surface area contributed by atoms with Gasteiger partial charge in [-0.3, -0.25) is 9.59 Å². The van der Waals surface area contributed by atoms with Crippen molar-refractivity contribution in [3.63, 3.8) is 0 Å². The normalized spacial score (nSPS) is 11.6. The van der Waals surface area contributed by atoms with E-state index in [1.165, 1.54) is 0 Å². The number of unbranched alkanes of at least 4 members (excludes halogenated alkanes) is 1. The number of halogens is 2. The van der Waals surface area contributed by atoms with E-state index in [-0.39, 0.29) is 24.8 Å². The Kier molecular flexibility index (Phi) is 9.99. The Labute approximate surface area is 211 Å². The fourth-order valence-corrected chi connectivity index (χ4v) is 4.11. The molecular weight excluding hydrogens is 467 g/mol. The Morgan fingerprint density at radius 1 is 0.853 bits per heavy atom. The second-order valence-electron chi connectivity index (χ2n) is 8.30. The Morgan fingerprint density at radius 3 is 2.24 bits per heavy atom. The second-order valence-corrected chi connectivity index (χ2v) is 9.18. The molecule has 0 aromatic heterocycles. The van der Waals surface area contributed by atoms with E-state index in [2.05, 4.69) is 12.2 Å². The molecule has 0 fully saturated rings. The third kappa shape index (κ3) is 7.89. The number of nitrogens with one attached hydrogen (secondary N) is 1. The van der Waals surface area contributed by atoms with Crippen molar-refractivity contribution in [1.82, 2.24) is 10.2 Å². The van der Waals surface area contributed by atoms with Crippen LogP contribution in [-0.4, -0.2) is 29.3 Å². The molecule has 0 spiro atoms. The van der Waals surface area contributed by atoms with Crippen LogP contribution < -0.4 is 5.32 Å². The van der Waals surface area contributed by atoms with Crippen LogP contribution in [0.3, 0.4) is 0 Å². The molecule has 6 heteroatoms. The van der Waals surface area contributed by atoms with E-state index in [4.69, 9.17) is 23.2 Å². The highest BCUT2D eigenvalue weighted by Gasteiger charge is 2.30. The molecule has 1 N–H and O–H groups in total. The topological polar surface area (TPSA) is 49.4 Å². The first kappa shape index (κ1) is 25.8. The average Bonchev–Trinajstić information content (AvgIpc) is 2.83. The molecule has 0 saturated carbocycles. The highest BCUT2D eigenvalue weighted by molar-refractivity contribution is 6.30. The Hall–Kier alpha value is -2.82. The highest BCUT2D eigenvalue weighted by atomic mass is 35.5. The summed E-state index contributed by atoms with van der Waals surface area (Å²) < 4.78 is 0. The van der Waals surface area contributed by atoms with E-state index in [9.17, 15) is 9.59 Å². The van der Waals surface area contributed by atoms with E-state index in [1.54, 1.807) is 23.1 Å². The van der Waals surface area contributed by atoms with Crippen molar-refractivity contribution in [2.24, 2.45) is 0 Å². The zero-order chi connectivity index (χ0) is 24.3. The third-order valence-corrected chi connectivity index (χ3v) is 6.10. The number of benzene rings is 3. The summed E-state index contributed by atoms with van der Waals surface area (Å²) in [4.78, 5) is 28.7. The van der Waals surface area contributed by atoms with E-state index in [0.717, 1.165) is 29.5 Å². The largest absolute Gasteiger partial charge is 0.354 e. The van der Waals surface area contributed by atoms with Crippen LogP contribution in [0.1, 0.15) is 36.5 Å². The molecule has 0 aliphatic rings. The predicted molar refractivity (Wildman–Crippen MR) is 139 cm³/mol. The molecule has 0 aliphatic heterocycles. The van der Waals surface area contributed by atoms with Crippen LogP contribution in [0.4, 0.5) is 0 Å². The first-order chi connectivity index (χ1) is 16.5. The number of hydrogen-bond acceptors (Lipinski definition) is 2. The van der Waals surface area contributed by atoms with Gasteiger partial charge in [-0.05, 0) is 47.4 Å². The molecule has 0 aliphatic carbocycles. The summed E-state index contributed by atoms with van der Waals surface area (Å²) in [5, 5.41) is 4.24. The summed E-state index contributed by atoms with van der Waals surface area (Å²) in [5.41, 5.74) is 2.71. The van der Waals surface area contributed by atoms with Crippen LogP contribution in [0, 0.1) is 0 Å². The fraction of sp³-hybridized carbons (Fsp3) is 0.286. The minimum absolute atomic E-state index is 0.131. The monoisotopic (exact) mass is 496 g/mol. The van der Waals surface area contributed by atoms with Gasteiger partial charge in [0.1, 0.15) is 6.04 Å². The minimum atomic E-state index is -0.655. The zero-order valence-electron chi connectivity index (χ0n) is 19.3. The fourth-order valence-electron chi connectivity index (χ4n) is 3.77. The van der Waals surface area contributed by atoms with Crippen LogP contribution in [0.5, 0.6) is 0 Å². The molecule has 0 radical (unpaired) electrons. The average molecular weight is 497 g/mol. The smallest absolute Gasteiger partial charge is 0.243 e. The third-order valence-electron chi connectivity index (χ3n) is 5.61. The lowest BCUT2D eigenvalue weighted by atomic mass is 10.0. The second kappa shape index (κ2) is 13.2. The van der Waals surface area contributed by atoms with Crippen LogP contribution in [0.25, 0.3) is 0 Å². The summed E-state index contributed by atoms with van der Waals surface area (Å²) in [5.74, 6) is -0.280. The number of carbonyl (C=O) groups is 2. The Bertz CT molecular complexity index is 1070. The van der Waals surface area contributed by atoms with Gasteiger partial charge >= 0.3 is 0 Å². The minimum Gasteiger partial charge on any atom is -0.354 e. The lowest BCUT2D eigenvalue weighted by Gasteiger charge is -2.32. The van der Waals surface area contributed by atoms with Crippen LogP contribution in [0.15, 0.2) is 78.9 Å². The first-order valence-electron chi connectivity index (χ1n) is 11.6. The Balaban J connectivity index is 1.93. The van der Waals surface area contributed by atoms with Gasteiger partial charge in [-0.15, -0.1) is 0 Å². The maximum atomic E-state index is 13.6. The van der Waals surface area contributed by atoms with Gasteiger partial charge in [-0.2, -0.15) is 0 Å². The molecule has 178 valence electrons. The molecule has 3 rings (SSSR count). The van der Waals surface area contributed by atoms with Gasteiger partial charge in [0, 0.05) is 29.6 Å². The molecule has 0 bridgehead atoms. The van der Waals surface area contributed by atoms with Crippen molar-refractivity contribution in [2.45, 2.75) is 45.2 Å². The van der Waals surface area contributed by atoms with Gasteiger partial charge in [-0.1, -0.05) is 91.1 Å². The molecule has 3 aromatic rings. The number of hydrogen-bond donors (Lipinski definition) is 1. The predicted octanol–water partition coefficient (Wildman–Crippen LogP) is 6.09. The molecule has 1 atom stereocenters. The molecule has 0 saturated heterocycles. The van der Waals surface area contributed by atoms with Crippen LogP contribution >= 0.6 is 23.2 Å². The number of carbonyl (C=O) groups excluding carboxylic acids is 2. The lowest BCUT2D eigenvalue weighted by molar-refractivity contribution is -0.140. The van der Waals surface area contributed by atoms with Gasteiger partial charge in [0.05, 0.1) is 6.42 Å². The van der Waals surface area contributed by atoms with Gasteiger partial charge in [-0.25, -0.2) is 0 Å². The lowest BCUT2D eigenvalue weighted by Crippen LogP contribution is -2.51. The van der Waals surface area contributed by atoms with E-state index >= 15 is 0 Å². The van der Waals surface area contributed by atoms with E-state index < -0.39 is 6.04 Å². The van der Waals surface area contributed by atoms with Crippen molar-refractivity contribution in [3.8, 4) is 0 Å². The molecule has 0 heterocycles. The number of nitrogens with zero attached hydrogens (tertiary/aromatic N) is 1. The zero-order valence-corrected chi connectivity index (χ0v) is 20.9. The quantitative estimate of drug-likeness (QED) is 0.326. The van der Waals surface area contributed by atoms with Gasteiger partial charge in [0.25, 0.3) is 0 Å². The van der Waals surface area contributed by atoms with E-state index in [1.807, 2.05) is 60.7 Å². The van der Waals surface area contributed by atoms with Crippen molar-refractivity contribution >= 4 is 35.0 Å². The number of amides is 2.